The van der Waals surface area contributed by atoms with Crippen LogP contribution in [0.1, 0.15) is 0 Å². The maximum atomic E-state index is 8.52. The molecule has 9 heavy (non-hydrogen) atoms. The van der Waals surface area contributed by atoms with Gasteiger partial charge < -0.3 is 9.11 Å². The summed E-state index contributed by atoms with van der Waals surface area (Å²) in [4.78, 5) is 7.88. The molecule has 0 amide bonds. The van der Waals surface area contributed by atoms with E-state index < -0.39 is 10.4 Å². The van der Waals surface area contributed by atoms with Gasteiger partial charge in [-0.1, -0.05) is 10.2 Å². The molecule has 0 aromatic rings. The van der Waals surface area contributed by atoms with Crippen molar-refractivity contribution in [3.05, 3.63) is 9.71 Å². The average Bonchev–Trinajstić information content (AvgIpc) is 1.27. The van der Waals surface area contributed by atoms with Crippen LogP contribution in [-0.2, 0) is 27.5 Å². The molecule has 0 fully saturated rings. The molecule has 59 valence electrons. The molecule has 9 heteroatoms. The summed E-state index contributed by atoms with van der Waals surface area (Å²) in [6.45, 7) is 0. The zero-order valence-corrected chi connectivity index (χ0v) is 5.33. The van der Waals surface area contributed by atoms with Gasteiger partial charge in [0.05, 0.1) is 0 Å². The molecule has 0 atom stereocenters. The molecule has 0 saturated heterocycles. The van der Waals surface area contributed by atoms with E-state index in [1.54, 1.807) is 4.75 Å². The van der Waals surface area contributed by atoms with Crippen LogP contribution in [-0.4, -0.2) is 17.5 Å². The molecule has 0 aromatic heterocycles. The van der Waals surface area contributed by atoms with E-state index in [1.807, 2.05) is 0 Å². The van der Waals surface area contributed by atoms with Crippen LogP contribution in [0, 0.1) is 9.71 Å². The smallest absolute Gasteiger partial charge is 0.759 e. The molecular weight excluding hydrogens is 208 g/mol. The minimum Gasteiger partial charge on any atom is -0.759 e. The molecule has 0 heterocycles. The number of rotatable bonds is 0. The van der Waals surface area contributed by atoms with Crippen LogP contribution in [0.25, 0.3) is 0 Å². The maximum Gasteiger partial charge on any atom is 2.00 e. The van der Waals surface area contributed by atoms with Gasteiger partial charge in [0.1, 0.15) is 0 Å². The van der Waals surface area contributed by atoms with Crippen molar-refractivity contribution in [2.75, 3.05) is 0 Å². The Labute approximate surface area is 60.6 Å². The minimum absolute atomic E-state index is 0. The van der Waals surface area contributed by atoms with Crippen molar-refractivity contribution in [2.45, 2.75) is 0 Å². The van der Waals surface area contributed by atoms with Crippen LogP contribution < -0.4 is 5.26 Å². The topological polar surface area (TPSA) is 132 Å². The van der Waals surface area contributed by atoms with Crippen LogP contribution >= 0.6 is 0 Å². The quantitative estimate of drug-likeness (QED) is 0.108. The SMILES string of the molecule is O=S(=O)([O-])[O-].O=[O+][O-].[Cu+2]. The number of hydrogen-bond donors (Lipinski definition) is 0. The molecule has 1 radical (unpaired) electrons. The summed E-state index contributed by atoms with van der Waals surface area (Å²) in [5, 5.41) is 7.88. The summed E-state index contributed by atoms with van der Waals surface area (Å²) in [5.74, 6) is 0. The Bertz CT molecular complexity index is 123. The van der Waals surface area contributed by atoms with Gasteiger partial charge >= 0.3 is 17.1 Å². The second-order valence-corrected chi connectivity index (χ2v) is 1.29. The van der Waals surface area contributed by atoms with Crippen molar-refractivity contribution in [1.82, 2.24) is 0 Å². The zero-order chi connectivity index (χ0) is 7.21. The summed E-state index contributed by atoms with van der Waals surface area (Å²) < 4.78 is 35.8. The van der Waals surface area contributed by atoms with Crippen LogP contribution in [0.4, 0.5) is 0 Å². The van der Waals surface area contributed by atoms with Gasteiger partial charge in [0, 0.05) is 10.4 Å². The van der Waals surface area contributed by atoms with Gasteiger partial charge in [-0.25, -0.2) is 0 Å². The van der Waals surface area contributed by atoms with E-state index in [2.05, 4.69) is 0 Å². The minimum atomic E-state index is -5.17. The van der Waals surface area contributed by atoms with Gasteiger partial charge in [0.25, 0.3) is 0 Å². The Morgan fingerprint density at radius 1 is 1.22 bits per heavy atom. The summed E-state index contributed by atoms with van der Waals surface area (Å²) >= 11 is 0. The molecule has 0 aromatic carbocycles. The predicted molar refractivity (Wildman–Crippen MR) is 17.2 cm³/mol. The fraction of sp³-hybridized carbons (Fsp3) is 0. The van der Waals surface area contributed by atoms with E-state index in [-0.39, 0.29) is 17.1 Å². The first-order valence-electron chi connectivity index (χ1n) is 1.00. The largest absolute Gasteiger partial charge is 2.00 e. The van der Waals surface area contributed by atoms with Gasteiger partial charge in [-0.15, -0.1) is 0 Å². The first-order chi connectivity index (χ1) is 3.41. The average molecular weight is 208 g/mol. The van der Waals surface area contributed by atoms with Gasteiger partial charge in [-0.05, 0) is 0 Å². The van der Waals surface area contributed by atoms with Crippen LogP contribution in [0.3, 0.4) is 0 Å². The Hall–Kier alpha value is -0.211. The third-order valence-corrected chi connectivity index (χ3v) is 0. The molecule has 0 bridgehead atoms. The van der Waals surface area contributed by atoms with Gasteiger partial charge in [0.2, 0.25) is 0 Å². The summed E-state index contributed by atoms with van der Waals surface area (Å²) in [6, 6.07) is 0. The molecule has 0 aliphatic heterocycles. The van der Waals surface area contributed by atoms with E-state index in [1.165, 1.54) is 0 Å². The molecule has 0 aliphatic carbocycles. The van der Waals surface area contributed by atoms with E-state index in [0.29, 0.717) is 0 Å². The molecule has 0 saturated carbocycles. The first-order valence-corrected chi connectivity index (χ1v) is 2.33. The standard InChI is InChI=1S/Cu.H2O4S.O3/c;1-5(2,3)4;1-3-2/h;(H2,1,2,3,4);/q+2;;/p-2. The summed E-state index contributed by atoms with van der Waals surface area (Å²) in [7, 11) is -5.17. The summed E-state index contributed by atoms with van der Waals surface area (Å²) in [6.07, 6.45) is 0. The fourth-order valence-electron chi connectivity index (χ4n) is 0. The third-order valence-electron chi connectivity index (χ3n) is 0. The van der Waals surface area contributed by atoms with Crippen molar-refractivity contribution in [2.24, 2.45) is 0 Å². The Morgan fingerprint density at radius 2 is 1.22 bits per heavy atom. The molecular formula is CuO7S. The molecule has 0 N–H and O–H groups in total. The van der Waals surface area contributed by atoms with Gasteiger partial charge in [-0.3, -0.25) is 8.42 Å². The Kier molecular flexibility index (Phi) is 13.8. The molecule has 0 aliphatic rings. The van der Waals surface area contributed by atoms with Gasteiger partial charge in [0.15, 0.2) is 4.75 Å². The molecule has 0 unspecified atom stereocenters. The van der Waals surface area contributed by atoms with E-state index in [4.69, 9.17) is 27.7 Å². The number of hydrogen-bond acceptors (Lipinski definition) is 6. The van der Waals surface area contributed by atoms with Crippen molar-refractivity contribution < 1.29 is 39.8 Å². The molecule has 0 spiro atoms. The Balaban J connectivity index is -0.0000000800. The summed E-state index contributed by atoms with van der Waals surface area (Å²) in [5.41, 5.74) is 0. The van der Waals surface area contributed by atoms with Crippen molar-refractivity contribution in [1.29, 1.82) is 0 Å². The first kappa shape index (κ1) is 15.9. The molecule has 7 nitrogen and oxygen atoms in total. The van der Waals surface area contributed by atoms with Crippen molar-refractivity contribution >= 4 is 10.4 Å². The fourth-order valence-corrected chi connectivity index (χ4v) is 0. The second kappa shape index (κ2) is 7.79. The van der Waals surface area contributed by atoms with Crippen molar-refractivity contribution in [3.63, 3.8) is 0 Å². The Morgan fingerprint density at radius 3 is 1.22 bits per heavy atom. The maximum absolute atomic E-state index is 8.52. The van der Waals surface area contributed by atoms with Crippen LogP contribution in [0.15, 0.2) is 0 Å². The van der Waals surface area contributed by atoms with E-state index >= 15 is 0 Å². The van der Waals surface area contributed by atoms with E-state index in [9.17, 15) is 0 Å². The van der Waals surface area contributed by atoms with E-state index in [0.717, 1.165) is 0 Å². The normalized spacial score (nSPS) is 7.78. The monoisotopic (exact) mass is 207 g/mol. The predicted octanol–water partition coefficient (Wildman–Crippen LogP) is -2.46. The van der Waals surface area contributed by atoms with Crippen LogP contribution in [0.5, 0.6) is 0 Å². The van der Waals surface area contributed by atoms with Crippen molar-refractivity contribution in [3.8, 4) is 0 Å². The second-order valence-electron chi connectivity index (χ2n) is 0.476. The van der Waals surface area contributed by atoms with Crippen LogP contribution in [0.2, 0.25) is 0 Å². The third kappa shape index (κ3) is 5890. The molecule has 0 rings (SSSR count). The zero-order valence-electron chi connectivity index (χ0n) is 3.57. The van der Waals surface area contributed by atoms with Gasteiger partial charge in [-0.2, -0.15) is 0 Å².